The molecule has 0 bridgehead atoms. The lowest BCUT2D eigenvalue weighted by molar-refractivity contribution is -0.131. The van der Waals surface area contributed by atoms with E-state index >= 15 is 0 Å². The van der Waals surface area contributed by atoms with Crippen LogP contribution in [0.3, 0.4) is 0 Å². The number of amides is 1. The highest BCUT2D eigenvalue weighted by Gasteiger charge is 2.18. The fourth-order valence-electron chi connectivity index (χ4n) is 2.30. The van der Waals surface area contributed by atoms with Crippen molar-refractivity contribution in [2.75, 3.05) is 20.2 Å². The summed E-state index contributed by atoms with van der Waals surface area (Å²) in [4.78, 5) is 14.2. The van der Waals surface area contributed by atoms with E-state index in [0.717, 1.165) is 41.7 Å². The van der Waals surface area contributed by atoms with Crippen LogP contribution in [0, 0.1) is 0 Å². The van der Waals surface area contributed by atoms with Crippen LogP contribution in [-0.2, 0) is 11.2 Å². The summed E-state index contributed by atoms with van der Waals surface area (Å²) in [6.07, 6.45) is 3.91. The number of carbonyl (C=O) groups is 1. The number of nitrogens with zero attached hydrogens (tertiary/aromatic N) is 1. The Kier molecular flexibility index (Phi) is 4.64. The summed E-state index contributed by atoms with van der Waals surface area (Å²) in [5.74, 6) is 0.981. The molecule has 0 unspecified atom stereocenters. The lowest BCUT2D eigenvalue weighted by Crippen LogP contribution is -2.36. The maximum Gasteiger partial charge on any atom is 0.227 e. The normalized spacial score (nSPS) is 15.6. The highest BCUT2D eigenvalue weighted by molar-refractivity contribution is 9.10. The van der Waals surface area contributed by atoms with Crippen LogP contribution < -0.4 is 4.74 Å². The van der Waals surface area contributed by atoms with Crippen molar-refractivity contribution in [3.8, 4) is 5.75 Å². The molecule has 0 atom stereocenters. The molecule has 0 radical (unpaired) electrons. The van der Waals surface area contributed by atoms with Gasteiger partial charge in [-0.3, -0.25) is 4.79 Å². The minimum absolute atomic E-state index is 0.200. The van der Waals surface area contributed by atoms with Gasteiger partial charge < -0.3 is 9.64 Å². The Morgan fingerprint density at radius 2 is 2.06 bits per heavy atom. The molecule has 0 aliphatic carbocycles. The molecule has 0 spiro atoms. The van der Waals surface area contributed by atoms with Gasteiger partial charge in [0, 0.05) is 23.1 Å². The zero-order valence-corrected chi connectivity index (χ0v) is 12.2. The van der Waals surface area contributed by atoms with Gasteiger partial charge in [0.15, 0.2) is 0 Å². The molecule has 1 fully saturated rings. The number of carbonyl (C=O) groups excluding carboxylic acids is 1. The summed E-state index contributed by atoms with van der Waals surface area (Å²) >= 11 is 3.43. The smallest absolute Gasteiger partial charge is 0.227 e. The third-order valence-corrected chi connectivity index (χ3v) is 3.79. The molecule has 0 saturated carbocycles. The van der Waals surface area contributed by atoms with Crippen LogP contribution in [0.2, 0.25) is 0 Å². The number of methoxy groups -OCH3 is 1. The summed E-state index contributed by atoms with van der Waals surface area (Å²) < 4.78 is 6.27. The fourth-order valence-corrected chi connectivity index (χ4v) is 2.71. The van der Waals surface area contributed by atoms with E-state index in [2.05, 4.69) is 15.9 Å². The highest BCUT2D eigenvalue weighted by Crippen LogP contribution is 2.24. The van der Waals surface area contributed by atoms with Crippen molar-refractivity contribution in [3.05, 3.63) is 28.2 Å². The topological polar surface area (TPSA) is 29.5 Å². The zero-order valence-electron chi connectivity index (χ0n) is 10.6. The standard InChI is InChI=1S/C14H18BrNO2/c1-18-13-6-5-12(15)9-11(13)10-14(17)16-7-3-2-4-8-16/h5-6,9H,2-4,7-8,10H2,1H3. The molecular weight excluding hydrogens is 294 g/mol. The molecule has 1 amide bonds. The lowest BCUT2D eigenvalue weighted by atomic mass is 10.1. The summed E-state index contributed by atoms with van der Waals surface area (Å²) in [6.45, 7) is 1.80. The summed E-state index contributed by atoms with van der Waals surface area (Å²) in [7, 11) is 1.64. The average Bonchev–Trinajstić information content (AvgIpc) is 2.40. The molecule has 3 nitrogen and oxygen atoms in total. The third-order valence-electron chi connectivity index (χ3n) is 3.29. The van der Waals surface area contributed by atoms with Gasteiger partial charge in [-0.2, -0.15) is 0 Å². The van der Waals surface area contributed by atoms with E-state index in [-0.39, 0.29) is 5.91 Å². The molecule has 0 aromatic heterocycles. The SMILES string of the molecule is COc1ccc(Br)cc1CC(=O)N1CCCCC1. The third kappa shape index (κ3) is 3.25. The van der Waals surface area contributed by atoms with E-state index in [1.165, 1.54) is 6.42 Å². The van der Waals surface area contributed by atoms with Crippen molar-refractivity contribution in [2.45, 2.75) is 25.7 Å². The van der Waals surface area contributed by atoms with E-state index in [4.69, 9.17) is 4.74 Å². The van der Waals surface area contributed by atoms with E-state index < -0.39 is 0 Å². The quantitative estimate of drug-likeness (QED) is 0.859. The predicted molar refractivity (Wildman–Crippen MR) is 74.8 cm³/mol. The first-order chi connectivity index (χ1) is 8.70. The number of ether oxygens (including phenoxy) is 1. The molecule has 0 N–H and O–H groups in total. The average molecular weight is 312 g/mol. The molecule has 1 aromatic carbocycles. The molecule has 1 aliphatic heterocycles. The van der Waals surface area contributed by atoms with Crippen LogP contribution in [0.5, 0.6) is 5.75 Å². The molecule has 1 heterocycles. The maximum atomic E-state index is 12.2. The molecular formula is C14H18BrNO2. The van der Waals surface area contributed by atoms with Crippen molar-refractivity contribution in [1.82, 2.24) is 4.90 Å². The van der Waals surface area contributed by atoms with Crippen LogP contribution in [-0.4, -0.2) is 31.0 Å². The Morgan fingerprint density at radius 3 is 2.72 bits per heavy atom. The van der Waals surface area contributed by atoms with Gasteiger partial charge in [-0.15, -0.1) is 0 Å². The summed E-state index contributed by atoms with van der Waals surface area (Å²) in [5.41, 5.74) is 0.947. The van der Waals surface area contributed by atoms with Crippen LogP contribution in [0.4, 0.5) is 0 Å². The molecule has 18 heavy (non-hydrogen) atoms. The van der Waals surface area contributed by atoms with Crippen molar-refractivity contribution in [3.63, 3.8) is 0 Å². The number of benzene rings is 1. The van der Waals surface area contributed by atoms with Crippen LogP contribution in [0.25, 0.3) is 0 Å². The number of piperidine rings is 1. The second-order valence-corrected chi connectivity index (χ2v) is 5.49. The molecule has 98 valence electrons. The Bertz CT molecular complexity index is 428. The van der Waals surface area contributed by atoms with E-state index in [1.54, 1.807) is 7.11 Å². The van der Waals surface area contributed by atoms with Gasteiger partial charge in [0.25, 0.3) is 0 Å². The number of likely N-dealkylation sites (tertiary alicyclic amines) is 1. The second kappa shape index (κ2) is 6.23. The van der Waals surface area contributed by atoms with E-state index in [9.17, 15) is 4.79 Å². The minimum Gasteiger partial charge on any atom is -0.496 e. The van der Waals surface area contributed by atoms with Gasteiger partial charge in [-0.25, -0.2) is 0 Å². The van der Waals surface area contributed by atoms with Gasteiger partial charge in [-0.05, 0) is 37.5 Å². The van der Waals surface area contributed by atoms with Gasteiger partial charge >= 0.3 is 0 Å². The second-order valence-electron chi connectivity index (χ2n) is 4.57. The first-order valence-corrected chi connectivity index (χ1v) is 7.10. The zero-order chi connectivity index (χ0) is 13.0. The van der Waals surface area contributed by atoms with Crippen molar-refractivity contribution >= 4 is 21.8 Å². The predicted octanol–water partition coefficient (Wildman–Crippen LogP) is 3.01. The monoisotopic (exact) mass is 311 g/mol. The van der Waals surface area contributed by atoms with E-state index in [1.807, 2.05) is 23.1 Å². The van der Waals surface area contributed by atoms with Crippen LogP contribution >= 0.6 is 15.9 Å². The molecule has 1 aromatic rings. The van der Waals surface area contributed by atoms with Crippen LogP contribution in [0.15, 0.2) is 22.7 Å². The molecule has 2 rings (SSSR count). The first kappa shape index (κ1) is 13.4. The summed E-state index contributed by atoms with van der Waals surface area (Å²) in [5, 5.41) is 0. The first-order valence-electron chi connectivity index (χ1n) is 6.31. The Balaban J connectivity index is 2.07. The summed E-state index contributed by atoms with van der Waals surface area (Å²) in [6, 6.07) is 5.78. The molecule has 1 aliphatic rings. The highest BCUT2D eigenvalue weighted by atomic mass is 79.9. The van der Waals surface area contributed by atoms with Gasteiger partial charge in [0.1, 0.15) is 5.75 Å². The Morgan fingerprint density at radius 1 is 1.33 bits per heavy atom. The minimum atomic E-state index is 0.200. The number of hydrogen-bond donors (Lipinski definition) is 0. The van der Waals surface area contributed by atoms with Crippen LogP contribution in [0.1, 0.15) is 24.8 Å². The maximum absolute atomic E-state index is 12.2. The molecule has 1 saturated heterocycles. The van der Waals surface area contributed by atoms with Crippen molar-refractivity contribution in [1.29, 1.82) is 0 Å². The van der Waals surface area contributed by atoms with Gasteiger partial charge in [0.05, 0.1) is 13.5 Å². The van der Waals surface area contributed by atoms with Gasteiger partial charge in [-0.1, -0.05) is 15.9 Å². The van der Waals surface area contributed by atoms with Crippen molar-refractivity contribution < 1.29 is 9.53 Å². The number of hydrogen-bond acceptors (Lipinski definition) is 2. The van der Waals surface area contributed by atoms with Gasteiger partial charge in [0.2, 0.25) is 5.91 Å². The largest absolute Gasteiger partial charge is 0.496 e. The Labute approximate surface area is 116 Å². The molecule has 4 heteroatoms. The lowest BCUT2D eigenvalue weighted by Gasteiger charge is -2.27. The Hall–Kier alpha value is -1.03. The number of halogens is 1. The van der Waals surface area contributed by atoms with Crippen molar-refractivity contribution in [2.24, 2.45) is 0 Å². The fraction of sp³-hybridized carbons (Fsp3) is 0.500. The number of rotatable bonds is 3. The van der Waals surface area contributed by atoms with E-state index in [0.29, 0.717) is 6.42 Å².